The Bertz CT molecular complexity index is 303. The van der Waals surface area contributed by atoms with Crippen LogP contribution < -0.4 is 5.73 Å². The Morgan fingerprint density at radius 3 is 2.37 bits per heavy atom. The van der Waals surface area contributed by atoms with Crippen molar-refractivity contribution in [1.82, 2.24) is 0 Å². The molecule has 0 rings (SSSR count). The zero-order valence-corrected chi connectivity index (χ0v) is 11.4. The predicted molar refractivity (Wildman–Crippen MR) is 69.8 cm³/mol. The maximum absolute atomic E-state index is 11.3. The van der Waals surface area contributed by atoms with Crippen molar-refractivity contribution in [2.75, 3.05) is 13.2 Å². The summed E-state index contributed by atoms with van der Waals surface area (Å²) in [6, 6.07) is -1.14. The minimum Gasteiger partial charge on any atom is -0.480 e. The van der Waals surface area contributed by atoms with E-state index in [9.17, 15) is 14.4 Å². The summed E-state index contributed by atoms with van der Waals surface area (Å²) < 4.78 is 5.21. The lowest BCUT2D eigenvalue weighted by Gasteiger charge is -2.06. The van der Waals surface area contributed by atoms with Crippen molar-refractivity contribution >= 4 is 17.5 Å². The van der Waals surface area contributed by atoms with E-state index in [0.717, 1.165) is 6.42 Å². The van der Waals surface area contributed by atoms with Crippen LogP contribution >= 0.6 is 0 Å². The lowest BCUT2D eigenvalue weighted by atomic mass is 10.1. The summed E-state index contributed by atoms with van der Waals surface area (Å²) in [6.07, 6.45) is 2.61. The van der Waals surface area contributed by atoms with Crippen LogP contribution in [0.2, 0.25) is 0 Å². The molecule has 19 heavy (non-hydrogen) atoms. The molecular weight excluding hydrogens is 250 g/mol. The number of carbonyl (C=O) groups excluding carboxylic acids is 2. The molecule has 0 aliphatic carbocycles. The van der Waals surface area contributed by atoms with Gasteiger partial charge in [0.15, 0.2) is 0 Å². The van der Waals surface area contributed by atoms with Gasteiger partial charge in [0.25, 0.3) is 0 Å². The Morgan fingerprint density at radius 2 is 1.79 bits per heavy atom. The van der Waals surface area contributed by atoms with Crippen LogP contribution in [0.3, 0.4) is 0 Å². The molecule has 0 aliphatic rings. The highest BCUT2D eigenvalue weighted by Gasteiger charge is 2.15. The van der Waals surface area contributed by atoms with Crippen molar-refractivity contribution in [2.45, 2.75) is 51.5 Å². The van der Waals surface area contributed by atoms with E-state index in [4.69, 9.17) is 15.6 Å². The van der Waals surface area contributed by atoms with Crippen molar-refractivity contribution in [3.8, 4) is 0 Å². The van der Waals surface area contributed by atoms with Crippen LogP contribution in [-0.2, 0) is 19.1 Å². The molecule has 0 spiro atoms. The van der Waals surface area contributed by atoms with E-state index in [-0.39, 0.29) is 31.0 Å². The van der Waals surface area contributed by atoms with Gasteiger partial charge in [-0.25, -0.2) is 0 Å². The van der Waals surface area contributed by atoms with Crippen LogP contribution in [0.1, 0.15) is 45.4 Å². The fraction of sp³-hybridized carbons (Fsp3) is 0.769. The fourth-order valence-corrected chi connectivity index (χ4v) is 1.50. The minimum absolute atomic E-state index is 0.157. The van der Waals surface area contributed by atoms with Crippen LogP contribution in [0.5, 0.6) is 0 Å². The third kappa shape index (κ3) is 10.3. The number of carboxylic acids is 1. The van der Waals surface area contributed by atoms with E-state index < -0.39 is 12.0 Å². The fourth-order valence-electron chi connectivity index (χ4n) is 1.50. The molecule has 0 aromatic heterocycles. The number of nitrogens with two attached hydrogens (primary N) is 1. The molecule has 0 amide bonds. The highest BCUT2D eigenvalue weighted by Crippen LogP contribution is 2.00. The van der Waals surface area contributed by atoms with Gasteiger partial charge in [0.2, 0.25) is 0 Å². The lowest BCUT2D eigenvalue weighted by molar-refractivity contribution is -0.140. The van der Waals surface area contributed by atoms with Crippen LogP contribution in [0.25, 0.3) is 0 Å². The van der Waals surface area contributed by atoms with Crippen molar-refractivity contribution in [3.63, 3.8) is 0 Å². The van der Waals surface area contributed by atoms with Gasteiger partial charge in [-0.1, -0.05) is 6.92 Å². The smallest absolute Gasteiger partial charge is 0.320 e. The number of ketones is 2. The van der Waals surface area contributed by atoms with Crippen LogP contribution in [0.15, 0.2) is 0 Å². The first-order valence-corrected chi connectivity index (χ1v) is 6.56. The van der Waals surface area contributed by atoms with Crippen molar-refractivity contribution in [2.24, 2.45) is 5.73 Å². The summed E-state index contributed by atoms with van der Waals surface area (Å²) in [5.74, 6) is -1.17. The molecule has 110 valence electrons. The zero-order valence-electron chi connectivity index (χ0n) is 11.4. The third-order valence-electron chi connectivity index (χ3n) is 2.56. The number of hydrogen-bond acceptors (Lipinski definition) is 5. The number of aliphatic carboxylic acids is 1. The van der Waals surface area contributed by atoms with Crippen molar-refractivity contribution in [1.29, 1.82) is 0 Å². The lowest BCUT2D eigenvalue weighted by Crippen LogP contribution is -2.32. The largest absolute Gasteiger partial charge is 0.480 e. The van der Waals surface area contributed by atoms with E-state index in [1.165, 1.54) is 0 Å². The molecular formula is C13H23NO5. The highest BCUT2D eigenvalue weighted by atomic mass is 16.5. The average molecular weight is 273 g/mol. The maximum Gasteiger partial charge on any atom is 0.320 e. The number of Topliss-reactive ketones (excluding diaryl/α,β-unsaturated/α-hetero) is 2. The minimum atomic E-state index is -1.18. The summed E-state index contributed by atoms with van der Waals surface area (Å²) in [5.41, 5.74) is 5.23. The molecule has 0 radical (unpaired) electrons. The van der Waals surface area contributed by atoms with Gasteiger partial charge in [-0.05, 0) is 12.8 Å². The van der Waals surface area contributed by atoms with Gasteiger partial charge in [-0.15, -0.1) is 0 Å². The highest BCUT2D eigenvalue weighted by molar-refractivity contribution is 5.85. The number of hydrogen-bond donors (Lipinski definition) is 2. The van der Waals surface area contributed by atoms with E-state index in [2.05, 4.69) is 0 Å². The Hall–Kier alpha value is -1.27. The first-order chi connectivity index (χ1) is 8.97. The molecule has 6 heteroatoms. The second kappa shape index (κ2) is 10.6. The maximum atomic E-state index is 11.3. The number of rotatable bonds is 12. The number of carbonyl (C=O) groups is 3. The molecule has 0 fully saturated rings. The summed E-state index contributed by atoms with van der Waals surface area (Å²) in [6.45, 7) is 2.64. The molecule has 0 saturated heterocycles. The standard InChI is InChI=1S/C13H23NO5/c1-2-4-10(15)5-3-7-19-8-6-11(16)9-12(14)13(17)18/h12H,2-9,14H2,1H3,(H,17,18). The summed E-state index contributed by atoms with van der Waals surface area (Å²) in [4.78, 5) is 32.9. The van der Waals surface area contributed by atoms with E-state index >= 15 is 0 Å². The quantitative estimate of drug-likeness (QED) is 0.512. The van der Waals surface area contributed by atoms with Gasteiger partial charge in [-0.2, -0.15) is 0 Å². The van der Waals surface area contributed by atoms with E-state index in [0.29, 0.717) is 25.9 Å². The van der Waals surface area contributed by atoms with Gasteiger partial charge >= 0.3 is 5.97 Å². The molecule has 0 saturated carbocycles. The molecule has 0 aromatic rings. The van der Waals surface area contributed by atoms with Gasteiger partial charge in [0, 0.05) is 32.3 Å². The van der Waals surface area contributed by atoms with Crippen molar-refractivity contribution in [3.05, 3.63) is 0 Å². The Balaban J connectivity index is 3.46. The monoisotopic (exact) mass is 273 g/mol. The third-order valence-corrected chi connectivity index (χ3v) is 2.56. The molecule has 3 N–H and O–H groups in total. The van der Waals surface area contributed by atoms with Crippen LogP contribution in [0, 0.1) is 0 Å². The molecule has 0 heterocycles. The van der Waals surface area contributed by atoms with E-state index in [1.807, 2.05) is 6.92 Å². The number of carboxylic acid groups (broad SMARTS) is 1. The first-order valence-electron chi connectivity index (χ1n) is 6.56. The van der Waals surface area contributed by atoms with Crippen molar-refractivity contribution < 1.29 is 24.2 Å². The topological polar surface area (TPSA) is 107 Å². The van der Waals surface area contributed by atoms with Gasteiger partial charge in [-0.3, -0.25) is 14.4 Å². The Morgan fingerprint density at radius 1 is 1.11 bits per heavy atom. The van der Waals surface area contributed by atoms with Crippen LogP contribution in [0.4, 0.5) is 0 Å². The molecule has 6 nitrogen and oxygen atoms in total. The predicted octanol–water partition coefficient (Wildman–Crippen LogP) is 0.914. The van der Waals surface area contributed by atoms with E-state index in [1.54, 1.807) is 0 Å². The second-order valence-electron chi connectivity index (χ2n) is 4.44. The summed E-state index contributed by atoms with van der Waals surface area (Å²) in [7, 11) is 0. The molecule has 1 atom stereocenters. The second-order valence-corrected chi connectivity index (χ2v) is 4.44. The first kappa shape index (κ1) is 17.7. The Labute approximate surface area is 113 Å². The molecule has 0 aromatic carbocycles. The van der Waals surface area contributed by atoms with Gasteiger partial charge in [0.05, 0.1) is 6.61 Å². The summed E-state index contributed by atoms with van der Waals surface area (Å²) >= 11 is 0. The molecule has 1 unspecified atom stereocenters. The average Bonchev–Trinajstić information content (AvgIpc) is 2.33. The van der Waals surface area contributed by atoms with Crippen LogP contribution in [-0.4, -0.2) is 41.9 Å². The van der Waals surface area contributed by atoms with Gasteiger partial charge < -0.3 is 15.6 Å². The zero-order chi connectivity index (χ0) is 14.7. The normalized spacial score (nSPS) is 12.1. The number of ether oxygens (including phenoxy) is 1. The molecule has 0 aliphatic heterocycles. The molecule has 0 bridgehead atoms. The summed E-state index contributed by atoms with van der Waals surface area (Å²) in [5, 5.41) is 8.53. The Kier molecular flexibility index (Phi) is 9.92. The van der Waals surface area contributed by atoms with Gasteiger partial charge in [0.1, 0.15) is 17.6 Å². The SMILES string of the molecule is CCCC(=O)CCCOCCC(=O)CC(N)C(=O)O.